The molecule has 0 atom stereocenters. The third-order valence-electron chi connectivity index (χ3n) is 4.29. The Balaban J connectivity index is 2.11. The molecule has 0 unspecified atom stereocenters. The van der Waals surface area contributed by atoms with Crippen molar-refractivity contribution >= 4 is 46.2 Å². The summed E-state index contributed by atoms with van der Waals surface area (Å²) >= 11 is 5.01. The molecule has 1 aliphatic rings. The lowest BCUT2D eigenvalue weighted by molar-refractivity contribution is -0.128. The number of carbonyl (C=O) groups is 2. The van der Waals surface area contributed by atoms with Crippen molar-refractivity contribution in [2.75, 3.05) is 6.54 Å². The molecule has 7 heteroatoms. The SMILES string of the molecule is C=CCN1C(=O)C(=Cc2coc3ccc(C(C)C)cc3c2=O)C(=O)NC1=S. The Hall–Kier alpha value is -3.06. The predicted octanol–water partition coefficient (Wildman–Crippen LogP) is 2.73. The Morgan fingerprint density at radius 2 is 2.04 bits per heavy atom. The van der Waals surface area contributed by atoms with Crippen LogP contribution in [0.5, 0.6) is 0 Å². The molecule has 1 fully saturated rings. The van der Waals surface area contributed by atoms with Gasteiger partial charge in [-0.25, -0.2) is 0 Å². The predicted molar refractivity (Wildman–Crippen MR) is 107 cm³/mol. The third-order valence-corrected chi connectivity index (χ3v) is 4.61. The number of nitrogens with zero attached hydrogens (tertiary/aromatic N) is 1. The van der Waals surface area contributed by atoms with Gasteiger partial charge in [0.25, 0.3) is 11.8 Å². The van der Waals surface area contributed by atoms with E-state index in [1.807, 2.05) is 19.9 Å². The summed E-state index contributed by atoms with van der Waals surface area (Å²) in [6.45, 7) is 7.77. The molecule has 138 valence electrons. The molecule has 1 aliphatic heterocycles. The highest BCUT2D eigenvalue weighted by Gasteiger charge is 2.32. The molecule has 1 N–H and O–H groups in total. The summed E-state index contributed by atoms with van der Waals surface area (Å²) in [5, 5.41) is 2.85. The lowest BCUT2D eigenvalue weighted by atomic mass is 10.0. The standard InChI is InChI=1S/C20H18N2O4S/c1-4-7-22-19(25)15(18(24)21-20(22)27)9-13-10-26-16-6-5-12(11(2)3)8-14(16)17(13)23/h4-6,8-11H,1,7H2,2-3H3,(H,21,24,27). The van der Waals surface area contributed by atoms with Crippen LogP contribution < -0.4 is 10.7 Å². The average Bonchev–Trinajstić information content (AvgIpc) is 2.63. The molecular weight excluding hydrogens is 364 g/mol. The van der Waals surface area contributed by atoms with Gasteiger partial charge < -0.3 is 4.42 Å². The van der Waals surface area contributed by atoms with E-state index in [0.717, 1.165) is 5.56 Å². The van der Waals surface area contributed by atoms with E-state index in [2.05, 4.69) is 11.9 Å². The zero-order valence-corrected chi connectivity index (χ0v) is 15.8. The van der Waals surface area contributed by atoms with Crippen LogP contribution in [0.1, 0.15) is 30.9 Å². The van der Waals surface area contributed by atoms with Crippen molar-refractivity contribution in [3.05, 3.63) is 64.0 Å². The van der Waals surface area contributed by atoms with Crippen LogP contribution in [0, 0.1) is 0 Å². The van der Waals surface area contributed by atoms with Gasteiger partial charge in [0, 0.05) is 6.54 Å². The van der Waals surface area contributed by atoms with Crippen molar-refractivity contribution in [3.8, 4) is 0 Å². The van der Waals surface area contributed by atoms with Gasteiger partial charge >= 0.3 is 0 Å². The maximum absolute atomic E-state index is 12.9. The van der Waals surface area contributed by atoms with E-state index in [4.69, 9.17) is 16.6 Å². The van der Waals surface area contributed by atoms with Gasteiger partial charge in [0.15, 0.2) is 10.5 Å². The van der Waals surface area contributed by atoms with Crippen LogP contribution in [0.3, 0.4) is 0 Å². The van der Waals surface area contributed by atoms with E-state index in [1.54, 1.807) is 12.1 Å². The van der Waals surface area contributed by atoms with Gasteiger partial charge in [0.2, 0.25) is 0 Å². The largest absolute Gasteiger partial charge is 0.463 e. The van der Waals surface area contributed by atoms with Crippen LogP contribution in [0.4, 0.5) is 0 Å². The van der Waals surface area contributed by atoms with Crippen molar-refractivity contribution in [1.82, 2.24) is 10.2 Å². The lowest BCUT2D eigenvalue weighted by Gasteiger charge is -2.27. The minimum Gasteiger partial charge on any atom is -0.463 e. The molecule has 0 spiro atoms. The first-order chi connectivity index (χ1) is 12.8. The normalized spacial score (nSPS) is 16.3. The molecule has 0 aliphatic carbocycles. The number of benzene rings is 1. The fourth-order valence-corrected chi connectivity index (χ4v) is 3.02. The Labute approximate surface area is 161 Å². The van der Waals surface area contributed by atoms with Crippen molar-refractivity contribution in [3.63, 3.8) is 0 Å². The van der Waals surface area contributed by atoms with Crippen molar-refractivity contribution < 1.29 is 14.0 Å². The van der Waals surface area contributed by atoms with E-state index in [1.165, 1.54) is 23.3 Å². The molecular formula is C20H18N2O4S. The Morgan fingerprint density at radius 3 is 2.70 bits per heavy atom. The smallest absolute Gasteiger partial charge is 0.265 e. The Morgan fingerprint density at radius 1 is 1.30 bits per heavy atom. The molecule has 3 rings (SSSR count). The molecule has 2 amide bonds. The average molecular weight is 382 g/mol. The van der Waals surface area contributed by atoms with Crippen molar-refractivity contribution in [2.45, 2.75) is 19.8 Å². The van der Waals surface area contributed by atoms with E-state index in [-0.39, 0.29) is 34.1 Å². The van der Waals surface area contributed by atoms with Crippen molar-refractivity contribution in [1.29, 1.82) is 0 Å². The Kier molecular flexibility index (Phi) is 5.05. The molecule has 0 radical (unpaired) electrons. The first kappa shape index (κ1) is 18.7. The van der Waals surface area contributed by atoms with Crippen LogP contribution in [0.25, 0.3) is 17.0 Å². The van der Waals surface area contributed by atoms with Gasteiger partial charge in [-0.15, -0.1) is 6.58 Å². The second-order valence-corrected chi connectivity index (χ2v) is 6.84. The third kappa shape index (κ3) is 3.46. The van der Waals surface area contributed by atoms with Crippen LogP contribution in [-0.4, -0.2) is 28.4 Å². The summed E-state index contributed by atoms with van der Waals surface area (Å²) in [7, 11) is 0. The van der Waals surface area contributed by atoms with Crippen LogP contribution >= 0.6 is 12.2 Å². The summed E-state index contributed by atoms with van der Waals surface area (Å²) < 4.78 is 5.52. The van der Waals surface area contributed by atoms with Gasteiger partial charge in [0.05, 0.1) is 10.9 Å². The molecule has 0 saturated carbocycles. The molecule has 6 nitrogen and oxygen atoms in total. The number of hydrogen-bond acceptors (Lipinski definition) is 5. The number of amides is 2. The first-order valence-corrected chi connectivity index (χ1v) is 8.79. The highest BCUT2D eigenvalue weighted by atomic mass is 32.1. The molecule has 2 aromatic rings. The quantitative estimate of drug-likeness (QED) is 0.381. The molecule has 1 saturated heterocycles. The molecule has 0 bridgehead atoms. The zero-order chi connectivity index (χ0) is 19.7. The summed E-state index contributed by atoms with van der Waals surface area (Å²) in [6.07, 6.45) is 3.98. The number of hydrogen-bond donors (Lipinski definition) is 1. The fourth-order valence-electron chi connectivity index (χ4n) is 2.77. The fraction of sp³-hybridized carbons (Fsp3) is 0.200. The molecule has 2 heterocycles. The molecule has 27 heavy (non-hydrogen) atoms. The van der Waals surface area contributed by atoms with E-state index >= 15 is 0 Å². The van der Waals surface area contributed by atoms with Gasteiger partial charge in [-0.3, -0.25) is 24.6 Å². The maximum Gasteiger partial charge on any atom is 0.265 e. The lowest BCUT2D eigenvalue weighted by Crippen LogP contribution is -2.53. The minimum atomic E-state index is -0.652. The minimum absolute atomic E-state index is 0.00849. The van der Waals surface area contributed by atoms with Gasteiger partial charge in [-0.1, -0.05) is 26.0 Å². The highest BCUT2D eigenvalue weighted by Crippen LogP contribution is 2.21. The molecule has 1 aromatic carbocycles. The zero-order valence-electron chi connectivity index (χ0n) is 14.9. The number of fused-ring (bicyclic) bond motifs is 1. The summed E-state index contributed by atoms with van der Waals surface area (Å²) in [5.74, 6) is -0.991. The summed E-state index contributed by atoms with van der Waals surface area (Å²) in [5.41, 5.74) is 1.06. The van der Waals surface area contributed by atoms with Gasteiger partial charge in [-0.05, 0) is 41.9 Å². The number of rotatable bonds is 4. The monoisotopic (exact) mass is 382 g/mol. The van der Waals surface area contributed by atoms with E-state index in [9.17, 15) is 14.4 Å². The maximum atomic E-state index is 12.9. The topological polar surface area (TPSA) is 79.6 Å². The number of thiocarbonyl (C=S) groups is 1. The van der Waals surface area contributed by atoms with Crippen molar-refractivity contribution in [2.24, 2.45) is 0 Å². The number of nitrogens with one attached hydrogen (secondary N) is 1. The second kappa shape index (κ2) is 7.28. The van der Waals surface area contributed by atoms with Gasteiger partial charge in [-0.2, -0.15) is 0 Å². The summed E-state index contributed by atoms with van der Waals surface area (Å²) in [4.78, 5) is 38.9. The Bertz CT molecular complexity index is 1070. The van der Waals surface area contributed by atoms with Crippen LogP contribution in [0.2, 0.25) is 0 Å². The summed E-state index contributed by atoms with van der Waals surface area (Å²) in [6, 6.07) is 5.42. The van der Waals surface area contributed by atoms with E-state index < -0.39 is 11.8 Å². The van der Waals surface area contributed by atoms with E-state index in [0.29, 0.717) is 11.0 Å². The first-order valence-electron chi connectivity index (χ1n) is 8.38. The number of carbonyl (C=O) groups excluding carboxylic acids is 2. The molecule has 1 aromatic heterocycles. The van der Waals surface area contributed by atoms with Gasteiger partial charge in [0.1, 0.15) is 17.4 Å². The van der Waals surface area contributed by atoms with Crippen LogP contribution in [-0.2, 0) is 9.59 Å². The second-order valence-electron chi connectivity index (χ2n) is 6.45. The highest BCUT2D eigenvalue weighted by molar-refractivity contribution is 7.80. The van der Waals surface area contributed by atoms with Crippen LogP contribution in [0.15, 0.2) is 51.9 Å².